The van der Waals surface area contributed by atoms with Gasteiger partial charge in [0.25, 0.3) is 0 Å². The van der Waals surface area contributed by atoms with Gasteiger partial charge in [0.1, 0.15) is 5.82 Å². The van der Waals surface area contributed by atoms with Gasteiger partial charge in [0.15, 0.2) is 0 Å². The molecule has 0 aliphatic heterocycles. The van der Waals surface area contributed by atoms with Crippen LogP contribution in [0.25, 0.3) is 0 Å². The Morgan fingerprint density at radius 2 is 2.21 bits per heavy atom. The molecule has 2 saturated carbocycles. The third-order valence-corrected chi connectivity index (χ3v) is 4.89. The van der Waals surface area contributed by atoms with Crippen molar-refractivity contribution in [2.45, 2.75) is 45.6 Å². The summed E-state index contributed by atoms with van der Waals surface area (Å²) in [6, 6.07) is 6.34. The first-order valence-electron chi connectivity index (χ1n) is 7.31. The summed E-state index contributed by atoms with van der Waals surface area (Å²) in [6.07, 6.45) is 5.65. The minimum absolute atomic E-state index is 0.455. The highest BCUT2D eigenvalue weighted by atomic mass is 15.0. The maximum absolute atomic E-state index is 9.01. The SMILES string of the molecule is Cc1cc(C#N)cc(NC(C)C2CC3CCC2C3)n1. The zero-order valence-corrected chi connectivity index (χ0v) is 11.7. The second kappa shape index (κ2) is 4.85. The topological polar surface area (TPSA) is 48.7 Å². The van der Waals surface area contributed by atoms with E-state index in [0.29, 0.717) is 11.6 Å². The first-order valence-corrected chi connectivity index (χ1v) is 7.31. The molecule has 1 aromatic heterocycles. The molecule has 1 aromatic rings. The highest BCUT2D eigenvalue weighted by molar-refractivity contribution is 5.45. The molecule has 0 radical (unpaired) electrons. The van der Waals surface area contributed by atoms with Crippen LogP contribution in [0.15, 0.2) is 12.1 Å². The fourth-order valence-electron chi connectivity index (χ4n) is 4.05. The maximum Gasteiger partial charge on any atom is 0.127 e. The molecule has 2 aliphatic rings. The molecule has 2 fully saturated rings. The Morgan fingerprint density at radius 3 is 2.84 bits per heavy atom. The quantitative estimate of drug-likeness (QED) is 0.899. The average Bonchev–Trinajstić information content (AvgIpc) is 3.00. The number of fused-ring (bicyclic) bond motifs is 2. The number of nitriles is 1. The molecule has 2 aliphatic carbocycles. The summed E-state index contributed by atoms with van der Waals surface area (Å²) < 4.78 is 0. The van der Waals surface area contributed by atoms with Gasteiger partial charge in [0, 0.05) is 11.7 Å². The van der Waals surface area contributed by atoms with Crippen LogP contribution in [0.5, 0.6) is 0 Å². The van der Waals surface area contributed by atoms with E-state index in [1.54, 1.807) is 0 Å². The summed E-state index contributed by atoms with van der Waals surface area (Å²) in [5, 5.41) is 12.5. The van der Waals surface area contributed by atoms with Gasteiger partial charge < -0.3 is 5.32 Å². The van der Waals surface area contributed by atoms with Crippen LogP contribution in [0.1, 0.15) is 43.9 Å². The molecule has 2 bridgehead atoms. The van der Waals surface area contributed by atoms with Crippen LogP contribution in [0, 0.1) is 36.0 Å². The molecule has 100 valence electrons. The van der Waals surface area contributed by atoms with Crippen molar-refractivity contribution < 1.29 is 0 Å². The first-order chi connectivity index (χ1) is 9.15. The van der Waals surface area contributed by atoms with Gasteiger partial charge in [-0.15, -0.1) is 0 Å². The number of nitrogens with one attached hydrogen (secondary N) is 1. The van der Waals surface area contributed by atoms with Crippen LogP contribution in [0.4, 0.5) is 5.82 Å². The first kappa shape index (κ1) is 12.5. The third kappa shape index (κ3) is 2.45. The Bertz CT molecular complexity index is 517. The fraction of sp³-hybridized carbons (Fsp3) is 0.625. The number of aromatic nitrogens is 1. The van der Waals surface area contributed by atoms with E-state index >= 15 is 0 Å². The third-order valence-electron chi connectivity index (χ3n) is 4.89. The minimum atomic E-state index is 0.455. The summed E-state index contributed by atoms with van der Waals surface area (Å²) >= 11 is 0. The standard InChI is InChI=1S/C16H21N3/c1-10-5-13(9-17)8-16(18-10)19-11(2)15-7-12-3-4-14(15)6-12/h5,8,11-12,14-15H,3-4,6-7H2,1-2H3,(H,18,19). The van der Waals surface area contributed by atoms with Gasteiger partial charge in [-0.2, -0.15) is 5.26 Å². The summed E-state index contributed by atoms with van der Waals surface area (Å²) in [5.41, 5.74) is 1.59. The zero-order valence-electron chi connectivity index (χ0n) is 11.7. The molecule has 19 heavy (non-hydrogen) atoms. The van der Waals surface area contributed by atoms with Crippen molar-refractivity contribution in [3.05, 3.63) is 23.4 Å². The molecule has 0 aromatic carbocycles. The second-order valence-corrected chi connectivity index (χ2v) is 6.27. The normalized spacial score (nSPS) is 30.1. The van der Waals surface area contributed by atoms with E-state index < -0.39 is 0 Å². The molecule has 1 N–H and O–H groups in total. The predicted molar refractivity (Wildman–Crippen MR) is 75.7 cm³/mol. The molecule has 4 atom stereocenters. The second-order valence-electron chi connectivity index (χ2n) is 6.27. The van der Waals surface area contributed by atoms with Crippen molar-refractivity contribution in [3.8, 4) is 6.07 Å². The molecular weight excluding hydrogens is 234 g/mol. The number of hydrogen-bond acceptors (Lipinski definition) is 3. The van der Waals surface area contributed by atoms with Gasteiger partial charge in [-0.05, 0) is 63.0 Å². The highest BCUT2D eigenvalue weighted by Gasteiger charge is 2.41. The summed E-state index contributed by atoms with van der Waals surface area (Å²) in [5.74, 6) is 3.52. The number of hydrogen-bond donors (Lipinski definition) is 1. The molecule has 0 amide bonds. The molecule has 3 nitrogen and oxygen atoms in total. The Labute approximate surface area is 115 Å². The Hall–Kier alpha value is -1.56. The van der Waals surface area contributed by atoms with Crippen LogP contribution < -0.4 is 5.32 Å². The number of nitrogens with zero attached hydrogens (tertiary/aromatic N) is 2. The smallest absolute Gasteiger partial charge is 0.127 e. The van der Waals surface area contributed by atoms with Gasteiger partial charge in [-0.3, -0.25) is 0 Å². The lowest BCUT2D eigenvalue weighted by molar-refractivity contribution is 0.304. The number of rotatable bonds is 3. The van der Waals surface area contributed by atoms with E-state index in [-0.39, 0.29) is 0 Å². The molecule has 1 heterocycles. The lowest BCUT2D eigenvalue weighted by Gasteiger charge is -2.29. The van der Waals surface area contributed by atoms with Crippen LogP contribution >= 0.6 is 0 Å². The maximum atomic E-state index is 9.01. The van der Waals surface area contributed by atoms with Crippen molar-refractivity contribution >= 4 is 5.82 Å². The van der Waals surface area contributed by atoms with E-state index in [1.165, 1.54) is 25.7 Å². The molecular formula is C16H21N3. The van der Waals surface area contributed by atoms with Gasteiger partial charge in [0.05, 0.1) is 11.6 Å². The average molecular weight is 255 g/mol. The van der Waals surface area contributed by atoms with Crippen LogP contribution in [-0.4, -0.2) is 11.0 Å². The molecule has 0 saturated heterocycles. The number of pyridine rings is 1. The number of aryl methyl sites for hydroxylation is 1. The van der Waals surface area contributed by atoms with Crippen molar-refractivity contribution in [3.63, 3.8) is 0 Å². The van der Waals surface area contributed by atoms with E-state index in [9.17, 15) is 0 Å². The van der Waals surface area contributed by atoms with Crippen LogP contribution in [0.2, 0.25) is 0 Å². The zero-order chi connectivity index (χ0) is 13.4. The van der Waals surface area contributed by atoms with Crippen LogP contribution in [0.3, 0.4) is 0 Å². The summed E-state index contributed by atoms with van der Waals surface area (Å²) in [7, 11) is 0. The number of anilines is 1. The molecule has 0 spiro atoms. The van der Waals surface area contributed by atoms with Gasteiger partial charge >= 0.3 is 0 Å². The monoisotopic (exact) mass is 255 g/mol. The van der Waals surface area contributed by atoms with E-state index in [0.717, 1.165) is 29.3 Å². The van der Waals surface area contributed by atoms with Crippen molar-refractivity contribution in [1.29, 1.82) is 5.26 Å². The van der Waals surface area contributed by atoms with Gasteiger partial charge in [-0.1, -0.05) is 6.42 Å². The Kier molecular flexibility index (Phi) is 3.18. The van der Waals surface area contributed by atoms with E-state index in [2.05, 4.69) is 23.3 Å². The van der Waals surface area contributed by atoms with Crippen molar-refractivity contribution in [2.24, 2.45) is 17.8 Å². The summed E-state index contributed by atoms with van der Waals surface area (Å²) in [6.45, 7) is 4.20. The molecule has 4 unspecified atom stereocenters. The van der Waals surface area contributed by atoms with Gasteiger partial charge in [-0.25, -0.2) is 4.98 Å². The predicted octanol–water partition coefficient (Wildman–Crippen LogP) is 3.50. The van der Waals surface area contributed by atoms with E-state index in [4.69, 9.17) is 5.26 Å². The Balaban J connectivity index is 1.71. The van der Waals surface area contributed by atoms with Crippen molar-refractivity contribution in [2.75, 3.05) is 5.32 Å². The highest BCUT2D eigenvalue weighted by Crippen LogP contribution is 2.49. The van der Waals surface area contributed by atoms with E-state index in [1.807, 2.05) is 19.1 Å². The molecule has 3 heteroatoms. The largest absolute Gasteiger partial charge is 0.367 e. The molecule has 3 rings (SSSR count). The van der Waals surface area contributed by atoms with Crippen LogP contribution in [-0.2, 0) is 0 Å². The fourth-order valence-corrected chi connectivity index (χ4v) is 4.05. The Morgan fingerprint density at radius 1 is 1.37 bits per heavy atom. The van der Waals surface area contributed by atoms with Gasteiger partial charge in [0.2, 0.25) is 0 Å². The summed E-state index contributed by atoms with van der Waals surface area (Å²) in [4.78, 5) is 4.49. The lowest BCUT2D eigenvalue weighted by Crippen LogP contribution is -2.30. The minimum Gasteiger partial charge on any atom is -0.367 e. The van der Waals surface area contributed by atoms with Crippen molar-refractivity contribution in [1.82, 2.24) is 4.98 Å². The lowest BCUT2D eigenvalue weighted by atomic mass is 9.84.